The topological polar surface area (TPSA) is 0 Å². The number of aryl methyl sites for hydroxylation is 4. The van der Waals surface area contributed by atoms with Gasteiger partial charge in [-0.2, -0.15) is 0 Å². The van der Waals surface area contributed by atoms with Crippen molar-refractivity contribution in [3.05, 3.63) is 131 Å². The van der Waals surface area contributed by atoms with Crippen molar-refractivity contribution >= 4 is 25.8 Å². The average Bonchev–Trinajstić information content (AvgIpc) is 3.52. The molecule has 0 aliphatic carbocycles. The van der Waals surface area contributed by atoms with Crippen LogP contribution in [0.4, 0.5) is 0 Å². The average molecular weight is 544 g/mol. The van der Waals surface area contributed by atoms with E-state index in [0.717, 1.165) is 0 Å². The molecule has 36 heavy (non-hydrogen) atoms. The first kappa shape index (κ1) is 25.9. The molecule has 0 aliphatic heterocycles. The van der Waals surface area contributed by atoms with Crippen molar-refractivity contribution < 1.29 is 24.2 Å². The SMILES string of the molecule is Cc1cc(C)c2c(-c3ccccc3)c[cH-]c2c1.Cc1cc(C)c2c(-c3ccccc3)c[cH-]c2c1.[CH2]=[Zr+2]. The van der Waals surface area contributed by atoms with Gasteiger partial charge in [-0.25, -0.2) is 0 Å². The number of rotatable bonds is 2. The van der Waals surface area contributed by atoms with Crippen molar-refractivity contribution in [1.29, 1.82) is 0 Å². The van der Waals surface area contributed by atoms with Gasteiger partial charge in [0.25, 0.3) is 0 Å². The van der Waals surface area contributed by atoms with Crippen LogP contribution in [-0.2, 0) is 24.2 Å². The molecule has 0 bridgehead atoms. The van der Waals surface area contributed by atoms with Crippen LogP contribution in [0.2, 0.25) is 0 Å². The first-order chi connectivity index (χ1) is 17.5. The Labute approximate surface area is 230 Å². The molecule has 0 N–H and O–H groups in total. The van der Waals surface area contributed by atoms with E-state index in [1.54, 1.807) is 0 Å². The van der Waals surface area contributed by atoms with Crippen molar-refractivity contribution in [2.24, 2.45) is 0 Å². The van der Waals surface area contributed by atoms with Crippen LogP contribution in [0.25, 0.3) is 43.8 Å². The van der Waals surface area contributed by atoms with Crippen molar-refractivity contribution in [3.63, 3.8) is 0 Å². The van der Waals surface area contributed by atoms with Gasteiger partial charge in [0, 0.05) is 0 Å². The van der Waals surface area contributed by atoms with Gasteiger partial charge in [-0.15, -0.1) is 69.1 Å². The normalized spacial score (nSPS) is 10.5. The maximum atomic E-state index is 3.34. The molecule has 0 unspecified atom stereocenters. The minimum atomic E-state index is 1.30. The molecule has 0 saturated heterocycles. The fourth-order valence-corrected chi connectivity index (χ4v) is 5.23. The van der Waals surface area contributed by atoms with E-state index >= 15 is 0 Å². The van der Waals surface area contributed by atoms with Gasteiger partial charge in [0.1, 0.15) is 0 Å². The molecular formula is C35H32Zr. The number of fused-ring (bicyclic) bond motifs is 2. The Morgan fingerprint density at radius 3 is 1.25 bits per heavy atom. The summed E-state index contributed by atoms with van der Waals surface area (Å²) in [5, 5.41) is 5.48. The Hall–Kier alpha value is -3.15. The molecule has 0 fully saturated rings. The fourth-order valence-electron chi connectivity index (χ4n) is 5.23. The van der Waals surface area contributed by atoms with Gasteiger partial charge in [-0.3, -0.25) is 0 Å². The quantitative estimate of drug-likeness (QED) is 0.191. The number of benzene rings is 4. The summed E-state index contributed by atoms with van der Waals surface area (Å²) < 4.78 is 3.34. The molecule has 6 aromatic rings. The van der Waals surface area contributed by atoms with E-state index in [0.29, 0.717) is 0 Å². The second-order valence-corrected chi connectivity index (χ2v) is 9.32. The summed E-state index contributed by atoms with van der Waals surface area (Å²) in [6.07, 6.45) is 0. The Morgan fingerprint density at radius 1 is 0.528 bits per heavy atom. The third-order valence-corrected chi connectivity index (χ3v) is 6.59. The molecule has 0 nitrogen and oxygen atoms in total. The Balaban J connectivity index is 0.000000158. The fraction of sp³-hybridized carbons (Fsp3) is 0.114. The molecule has 1 heteroatoms. The first-order valence-corrected chi connectivity index (χ1v) is 14.0. The summed E-state index contributed by atoms with van der Waals surface area (Å²) >= 11 is 1.30. The molecule has 0 heterocycles. The predicted octanol–water partition coefficient (Wildman–Crippen LogP) is 9.65. The zero-order valence-electron chi connectivity index (χ0n) is 21.6. The monoisotopic (exact) mass is 542 g/mol. The molecule has 0 atom stereocenters. The van der Waals surface area contributed by atoms with Gasteiger partial charge in [-0.1, -0.05) is 106 Å². The van der Waals surface area contributed by atoms with Crippen LogP contribution >= 0.6 is 0 Å². The van der Waals surface area contributed by atoms with Gasteiger partial charge >= 0.3 is 28.4 Å². The molecule has 0 radical (unpaired) electrons. The third-order valence-electron chi connectivity index (χ3n) is 6.59. The van der Waals surface area contributed by atoms with E-state index in [1.165, 1.54) is 90.3 Å². The van der Waals surface area contributed by atoms with E-state index in [9.17, 15) is 0 Å². The van der Waals surface area contributed by atoms with E-state index in [4.69, 9.17) is 0 Å². The molecule has 0 spiro atoms. The molecular weight excluding hydrogens is 512 g/mol. The van der Waals surface area contributed by atoms with Gasteiger partial charge in [0.2, 0.25) is 0 Å². The van der Waals surface area contributed by atoms with Crippen molar-refractivity contribution in [3.8, 4) is 22.3 Å². The number of hydrogen-bond donors (Lipinski definition) is 0. The summed E-state index contributed by atoms with van der Waals surface area (Å²) in [6, 6.07) is 39.1. The summed E-state index contributed by atoms with van der Waals surface area (Å²) in [5.41, 5.74) is 10.7. The molecule has 0 amide bonds. The van der Waals surface area contributed by atoms with Crippen LogP contribution in [0.15, 0.2) is 109 Å². The van der Waals surface area contributed by atoms with E-state index in [-0.39, 0.29) is 0 Å². The van der Waals surface area contributed by atoms with Gasteiger partial charge in [0.05, 0.1) is 0 Å². The third kappa shape index (κ3) is 5.48. The maximum absolute atomic E-state index is 3.34. The predicted molar refractivity (Wildman–Crippen MR) is 156 cm³/mol. The molecule has 0 saturated carbocycles. The van der Waals surface area contributed by atoms with Gasteiger partial charge in [0.15, 0.2) is 0 Å². The Bertz CT molecular complexity index is 1460. The van der Waals surface area contributed by atoms with Crippen LogP contribution in [0.3, 0.4) is 0 Å². The zero-order chi connectivity index (χ0) is 25.7. The summed E-state index contributed by atoms with van der Waals surface area (Å²) in [7, 11) is 0. The zero-order valence-corrected chi connectivity index (χ0v) is 24.1. The van der Waals surface area contributed by atoms with Gasteiger partial charge < -0.3 is 0 Å². The van der Waals surface area contributed by atoms with Crippen LogP contribution in [0, 0.1) is 27.7 Å². The molecule has 0 aliphatic rings. The van der Waals surface area contributed by atoms with Crippen LogP contribution in [-0.4, -0.2) is 4.21 Å². The summed E-state index contributed by atoms with van der Waals surface area (Å²) in [4.78, 5) is 0. The minimum absolute atomic E-state index is 1.30. The van der Waals surface area contributed by atoms with Crippen molar-refractivity contribution in [1.82, 2.24) is 0 Å². The van der Waals surface area contributed by atoms with E-state index < -0.39 is 0 Å². The van der Waals surface area contributed by atoms with Crippen LogP contribution < -0.4 is 0 Å². The molecule has 6 rings (SSSR count). The van der Waals surface area contributed by atoms with Crippen molar-refractivity contribution in [2.75, 3.05) is 0 Å². The first-order valence-electron chi connectivity index (χ1n) is 12.3. The van der Waals surface area contributed by atoms with Gasteiger partial charge in [-0.05, 0) is 27.7 Å². The molecule has 0 aromatic heterocycles. The standard InChI is InChI=1S/2C17H15.CH2.Zr/c2*1-12-10-13(2)17-15(11-12)8-9-16(17)14-6-4-3-5-7-14;;/h2*3-11H,1-2H3;1H2;/q2*-1;;+2. The molecule has 176 valence electrons. The second kappa shape index (κ2) is 11.7. The van der Waals surface area contributed by atoms with Crippen molar-refractivity contribution in [2.45, 2.75) is 27.7 Å². The van der Waals surface area contributed by atoms with E-state index in [2.05, 4.69) is 141 Å². The van der Waals surface area contributed by atoms with E-state index in [1.807, 2.05) is 0 Å². The Morgan fingerprint density at radius 2 is 0.889 bits per heavy atom. The van der Waals surface area contributed by atoms with Crippen LogP contribution in [0.1, 0.15) is 22.3 Å². The summed E-state index contributed by atoms with van der Waals surface area (Å²) in [5.74, 6) is 0. The Kier molecular flexibility index (Phi) is 8.45. The summed E-state index contributed by atoms with van der Waals surface area (Å²) in [6.45, 7) is 8.70. The number of hydrogen-bond acceptors (Lipinski definition) is 0. The molecule has 6 aromatic carbocycles. The van der Waals surface area contributed by atoms with Crippen LogP contribution in [0.5, 0.6) is 0 Å². The second-order valence-electron chi connectivity index (χ2n) is 9.32.